The molecule has 1 aliphatic heterocycles. The summed E-state index contributed by atoms with van der Waals surface area (Å²) in [6, 6.07) is 22.0. The average molecular weight is 570 g/mol. The van der Waals surface area contributed by atoms with Crippen molar-refractivity contribution in [2.45, 2.75) is 13.5 Å². The van der Waals surface area contributed by atoms with E-state index in [-0.39, 0.29) is 4.32 Å². The molecule has 6 nitrogen and oxygen atoms in total. The van der Waals surface area contributed by atoms with E-state index in [0.717, 1.165) is 32.4 Å². The van der Waals surface area contributed by atoms with Crippen LogP contribution in [0.3, 0.4) is 0 Å². The van der Waals surface area contributed by atoms with Crippen molar-refractivity contribution in [2.24, 2.45) is 0 Å². The minimum atomic E-state index is -0.409. The molecule has 178 valence electrons. The van der Waals surface area contributed by atoms with Gasteiger partial charge in [0, 0.05) is 10.0 Å². The van der Waals surface area contributed by atoms with Gasteiger partial charge in [-0.3, -0.25) is 15.0 Å². The van der Waals surface area contributed by atoms with Gasteiger partial charge < -0.3 is 9.47 Å². The molecule has 1 aliphatic rings. The molecule has 1 saturated heterocycles. The maximum atomic E-state index is 12.9. The SMILES string of the molecule is CCOc1cc(/C=C2/SC(=S)N(NC(=O)c3ccccc3)C2=O)ccc1OCc1cccc(Br)c1. The highest BCUT2D eigenvalue weighted by atomic mass is 79.9. The Labute approximate surface area is 221 Å². The number of hydrazine groups is 1. The van der Waals surface area contributed by atoms with Crippen LogP contribution in [-0.2, 0) is 11.4 Å². The molecule has 35 heavy (non-hydrogen) atoms. The van der Waals surface area contributed by atoms with Gasteiger partial charge in [-0.05, 0) is 72.7 Å². The molecule has 2 amide bonds. The molecule has 0 saturated carbocycles. The van der Waals surface area contributed by atoms with Crippen LogP contribution in [0.4, 0.5) is 0 Å². The molecule has 4 rings (SSSR count). The van der Waals surface area contributed by atoms with Crippen LogP contribution in [0, 0.1) is 0 Å². The second-order valence-corrected chi connectivity index (χ2v) is 9.97. The Hall–Kier alpha value is -3.14. The zero-order valence-corrected chi connectivity index (χ0v) is 21.9. The van der Waals surface area contributed by atoms with E-state index >= 15 is 0 Å². The standard InChI is InChI=1S/C26H21BrN2O4S2/c1-2-32-22-14-17(11-12-21(22)33-16-18-7-6-10-20(27)13-18)15-23-25(31)29(26(34)35-23)28-24(30)19-8-4-3-5-9-19/h3-15H,2,16H2,1H3,(H,28,30)/b23-15+. The van der Waals surface area contributed by atoms with E-state index < -0.39 is 11.8 Å². The number of thiocarbonyl (C=S) groups is 1. The molecule has 3 aromatic rings. The third kappa shape index (κ3) is 6.30. The van der Waals surface area contributed by atoms with Gasteiger partial charge in [-0.25, -0.2) is 0 Å². The van der Waals surface area contributed by atoms with Gasteiger partial charge in [0.15, 0.2) is 15.8 Å². The molecule has 9 heteroatoms. The molecule has 1 N–H and O–H groups in total. The van der Waals surface area contributed by atoms with Gasteiger partial charge in [0.05, 0.1) is 11.5 Å². The van der Waals surface area contributed by atoms with Crippen molar-refractivity contribution in [1.82, 2.24) is 10.4 Å². The molecule has 0 unspecified atom stereocenters. The topological polar surface area (TPSA) is 67.9 Å². The van der Waals surface area contributed by atoms with E-state index in [2.05, 4.69) is 21.4 Å². The van der Waals surface area contributed by atoms with Crippen LogP contribution < -0.4 is 14.9 Å². The second-order valence-electron chi connectivity index (χ2n) is 7.38. The minimum absolute atomic E-state index is 0.254. The van der Waals surface area contributed by atoms with Crippen molar-refractivity contribution in [3.8, 4) is 11.5 Å². The summed E-state index contributed by atoms with van der Waals surface area (Å²) >= 11 is 9.91. The number of ether oxygens (including phenoxy) is 2. The predicted octanol–water partition coefficient (Wildman–Crippen LogP) is 5.97. The normalized spacial score (nSPS) is 14.3. The zero-order valence-electron chi connectivity index (χ0n) is 18.7. The van der Waals surface area contributed by atoms with E-state index in [1.165, 1.54) is 0 Å². The van der Waals surface area contributed by atoms with Crippen LogP contribution in [-0.4, -0.2) is 27.8 Å². The lowest BCUT2D eigenvalue weighted by Crippen LogP contribution is -2.44. The minimum Gasteiger partial charge on any atom is -0.490 e. The van der Waals surface area contributed by atoms with Crippen molar-refractivity contribution >= 4 is 62.1 Å². The van der Waals surface area contributed by atoms with Crippen molar-refractivity contribution in [1.29, 1.82) is 0 Å². The number of hydrogen-bond acceptors (Lipinski definition) is 6. The molecule has 1 fully saturated rings. The Morgan fingerprint density at radius 1 is 1.06 bits per heavy atom. The Balaban J connectivity index is 1.49. The molecular formula is C26H21BrN2O4S2. The Bertz CT molecular complexity index is 1300. The van der Waals surface area contributed by atoms with E-state index in [0.29, 0.717) is 35.2 Å². The van der Waals surface area contributed by atoms with Crippen molar-refractivity contribution in [3.05, 3.63) is 98.9 Å². The summed E-state index contributed by atoms with van der Waals surface area (Å²) in [4.78, 5) is 25.8. The number of hydrogen-bond donors (Lipinski definition) is 1. The summed E-state index contributed by atoms with van der Waals surface area (Å²) in [5.41, 5.74) is 4.79. The van der Waals surface area contributed by atoms with Gasteiger partial charge in [-0.2, -0.15) is 5.01 Å². The highest BCUT2D eigenvalue weighted by Crippen LogP contribution is 2.34. The monoisotopic (exact) mass is 568 g/mol. The van der Waals surface area contributed by atoms with Gasteiger partial charge in [0.1, 0.15) is 6.61 Å². The van der Waals surface area contributed by atoms with Gasteiger partial charge in [0.2, 0.25) is 0 Å². The molecular weight excluding hydrogens is 548 g/mol. The van der Waals surface area contributed by atoms with Crippen LogP contribution in [0.1, 0.15) is 28.4 Å². The van der Waals surface area contributed by atoms with E-state index in [9.17, 15) is 9.59 Å². The maximum Gasteiger partial charge on any atom is 0.285 e. The second kappa shape index (κ2) is 11.5. The summed E-state index contributed by atoms with van der Waals surface area (Å²) in [7, 11) is 0. The Kier molecular flexibility index (Phi) is 8.22. The van der Waals surface area contributed by atoms with Gasteiger partial charge in [-0.15, -0.1) is 0 Å². The van der Waals surface area contributed by atoms with Crippen LogP contribution in [0.25, 0.3) is 6.08 Å². The summed E-state index contributed by atoms with van der Waals surface area (Å²) in [6.07, 6.45) is 1.72. The van der Waals surface area contributed by atoms with Gasteiger partial charge in [-0.1, -0.05) is 64.1 Å². The first-order chi connectivity index (χ1) is 16.9. The number of rotatable bonds is 8. The quantitative estimate of drug-likeness (QED) is 0.266. The number of nitrogens with one attached hydrogen (secondary N) is 1. The zero-order chi connectivity index (χ0) is 24.8. The molecule has 0 aliphatic carbocycles. The molecule has 0 bridgehead atoms. The van der Waals surface area contributed by atoms with Crippen molar-refractivity contribution in [3.63, 3.8) is 0 Å². The van der Waals surface area contributed by atoms with Crippen molar-refractivity contribution in [2.75, 3.05) is 6.61 Å². The fourth-order valence-electron chi connectivity index (χ4n) is 3.26. The molecule has 0 atom stereocenters. The highest BCUT2D eigenvalue weighted by molar-refractivity contribution is 9.10. The first-order valence-electron chi connectivity index (χ1n) is 10.7. The first-order valence-corrected chi connectivity index (χ1v) is 12.7. The van der Waals surface area contributed by atoms with E-state index in [4.69, 9.17) is 21.7 Å². The van der Waals surface area contributed by atoms with E-state index in [1.807, 2.05) is 55.5 Å². The number of carbonyl (C=O) groups is 2. The largest absolute Gasteiger partial charge is 0.490 e. The first kappa shape index (κ1) is 25.0. The molecule has 3 aromatic carbocycles. The highest BCUT2D eigenvalue weighted by Gasteiger charge is 2.33. The Morgan fingerprint density at radius 3 is 2.60 bits per heavy atom. The molecule has 0 spiro atoms. The number of halogens is 1. The van der Waals surface area contributed by atoms with Crippen LogP contribution in [0.15, 0.2) is 82.2 Å². The molecule has 1 heterocycles. The third-order valence-electron chi connectivity index (χ3n) is 4.89. The molecule has 0 radical (unpaired) electrons. The lowest BCUT2D eigenvalue weighted by Gasteiger charge is -2.15. The average Bonchev–Trinajstić information content (AvgIpc) is 3.11. The summed E-state index contributed by atoms with van der Waals surface area (Å²) < 4.78 is 13.0. The van der Waals surface area contributed by atoms with Crippen LogP contribution in [0.5, 0.6) is 11.5 Å². The van der Waals surface area contributed by atoms with Crippen LogP contribution >= 0.6 is 39.9 Å². The van der Waals surface area contributed by atoms with E-state index in [1.54, 1.807) is 30.3 Å². The number of benzene rings is 3. The maximum absolute atomic E-state index is 12.9. The van der Waals surface area contributed by atoms with Crippen LogP contribution in [0.2, 0.25) is 0 Å². The number of carbonyl (C=O) groups excluding carboxylic acids is 2. The summed E-state index contributed by atoms with van der Waals surface area (Å²) in [6.45, 7) is 2.74. The lowest BCUT2D eigenvalue weighted by molar-refractivity contribution is -0.123. The van der Waals surface area contributed by atoms with Gasteiger partial charge >= 0.3 is 0 Å². The fraction of sp³-hybridized carbons (Fsp3) is 0.115. The molecule has 0 aromatic heterocycles. The fourth-order valence-corrected chi connectivity index (χ4v) is 4.89. The summed E-state index contributed by atoms with van der Waals surface area (Å²) in [5.74, 6) is 0.377. The summed E-state index contributed by atoms with van der Waals surface area (Å²) in [5, 5.41) is 1.10. The number of thioether (sulfide) groups is 1. The van der Waals surface area contributed by atoms with Gasteiger partial charge in [0.25, 0.3) is 11.8 Å². The Morgan fingerprint density at radius 2 is 1.86 bits per heavy atom. The smallest absolute Gasteiger partial charge is 0.285 e. The number of nitrogens with zero attached hydrogens (tertiary/aromatic N) is 1. The lowest BCUT2D eigenvalue weighted by atomic mass is 10.1. The number of amides is 2. The predicted molar refractivity (Wildman–Crippen MR) is 145 cm³/mol. The van der Waals surface area contributed by atoms with Crippen molar-refractivity contribution < 1.29 is 19.1 Å². The third-order valence-corrected chi connectivity index (χ3v) is 6.69.